The Bertz CT molecular complexity index is 953. The van der Waals surface area contributed by atoms with Crippen LogP contribution in [0.5, 0.6) is 5.75 Å². The summed E-state index contributed by atoms with van der Waals surface area (Å²) < 4.78 is 10.7. The molecule has 1 amide bonds. The molecule has 0 saturated heterocycles. The Hall–Kier alpha value is -2.45. The molecule has 0 atom stereocenters. The Balaban J connectivity index is 1.75. The third-order valence-corrected chi connectivity index (χ3v) is 6.13. The van der Waals surface area contributed by atoms with Crippen molar-refractivity contribution < 1.29 is 19.1 Å². The van der Waals surface area contributed by atoms with Crippen LogP contribution in [0.1, 0.15) is 57.8 Å². The van der Waals surface area contributed by atoms with Gasteiger partial charge in [-0.25, -0.2) is 4.79 Å². The van der Waals surface area contributed by atoms with Gasteiger partial charge < -0.3 is 14.8 Å². The zero-order valence-corrected chi connectivity index (χ0v) is 19.0. The SMILES string of the molecule is COC(=O)c1c(NC(=S)NC(=O)c2ccccc2OCC(C)C)sc2c1CCCC2. The molecule has 3 rings (SSSR count). The fourth-order valence-electron chi connectivity index (χ4n) is 3.31. The molecular formula is C22H26N2O4S2. The van der Waals surface area contributed by atoms with Gasteiger partial charge in [0.1, 0.15) is 10.8 Å². The first-order chi connectivity index (χ1) is 14.4. The first-order valence-corrected chi connectivity index (χ1v) is 11.2. The maximum absolute atomic E-state index is 12.8. The van der Waals surface area contributed by atoms with Crippen LogP contribution in [0.3, 0.4) is 0 Å². The molecule has 1 aliphatic carbocycles. The summed E-state index contributed by atoms with van der Waals surface area (Å²) >= 11 is 6.85. The number of hydrogen-bond acceptors (Lipinski definition) is 6. The Kier molecular flexibility index (Phi) is 7.44. The number of rotatable bonds is 6. The van der Waals surface area contributed by atoms with Crippen molar-refractivity contribution in [1.29, 1.82) is 0 Å². The third-order valence-electron chi connectivity index (χ3n) is 4.72. The minimum atomic E-state index is -0.390. The highest BCUT2D eigenvalue weighted by Crippen LogP contribution is 2.38. The van der Waals surface area contributed by atoms with Gasteiger partial charge in [0.15, 0.2) is 5.11 Å². The molecule has 2 aromatic rings. The summed E-state index contributed by atoms with van der Waals surface area (Å²) in [5, 5.41) is 6.46. The molecule has 1 aromatic heterocycles. The van der Waals surface area contributed by atoms with E-state index in [1.165, 1.54) is 23.3 Å². The highest BCUT2D eigenvalue weighted by atomic mass is 32.1. The number of hydrogen-bond donors (Lipinski definition) is 2. The van der Waals surface area contributed by atoms with Gasteiger partial charge in [0.05, 0.1) is 24.8 Å². The van der Waals surface area contributed by atoms with E-state index in [2.05, 4.69) is 10.6 Å². The molecule has 0 fully saturated rings. The number of benzene rings is 1. The van der Waals surface area contributed by atoms with Gasteiger partial charge >= 0.3 is 5.97 Å². The van der Waals surface area contributed by atoms with Gasteiger partial charge in [0.25, 0.3) is 5.91 Å². The second-order valence-electron chi connectivity index (χ2n) is 7.52. The number of carbonyl (C=O) groups is 2. The highest BCUT2D eigenvalue weighted by molar-refractivity contribution is 7.80. The summed E-state index contributed by atoms with van der Waals surface area (Å²) in [7, 11) is 1.37. The second-order valence-corrected chi connectivity index (χ2v) is 9.03. The Labute approximate surface area is 186 Å². The average Bonchev–Trinajstić information content (AvgIpc) is 3.09. The first kappa shape index (κ1) is 22.2. The summed E-state index contributed by atoms with van der Waals surface area (Å²) in [4.78, 5) is 26.3. The van der Waals surface area contributed by atoms with E-state index in [1.807, 2.05) is 19.9 Å². The molecule has 0 unspecified atom stereocenters. The van der Waals surface area contributed by atoms with Crippen molar-refractivity contribution >= 4 is 45.5 Å². The molecule has 0 saturated carbocycles. The monoisotopic (exact) mass is 446 g/mol. The molecule has 6 nitrogen and oxygen atoms in total. The van der Waals surface area contributed by atoms with Crippen molar-refractivity contribution in [3.05, 3.63) is 45.8 Å². The van der Waals surface area contributed by atoms with E-state index in [4.69, 9.17) is 21.7 Å². The topological polar surface area (TPSA) is 76.7 Å². The Morgan fingerprint density at radius 1 is 1.20 bits per heavy atom. The molecule has 1 heterocycles. The number of anilines is 1. The van der Waals surface area contributed by atoms with Gasteiger partial charge in [-0.3, -0.25) is 10.1 Å². The molecule has 1 aliphatic rings. The fraction of sp³-hybridized carbons (Fsp3) is 0.409. The number of para-hydroxylation sites is 1. The lowest BCUT2D eigenvalue weighted by Gasteiger charge is -2.14. The molecular weight excluding hydrogens is 420 g/mol. The third kappa shape index (κ3) is 5.17. The van der Waals surface area contributed by atoms with Gasteiger partial charge in [-0.05, 0) is 61.5 Å². The number of thiocarbonyl (C=S) groups is 1. The van der Waals surface area contributed by atoms with Crippen molar-refractivity contribution in [3.63, 3.8) is 0 Å². The van der Waals surface area contributed by atoms with Crippen LogP contribution < -0.4 is 15.4 Å². The minimum absolute atomic E-state index is 0.127. The molecule has 1 aromatic carbocycles. The number of aryl methyl sites for hydroxylation is 1. The number of ether oxygens (including phenoxy) is 2. The molecule has 8 heteroatoms. The van der Waals surface area contributed by atoms with E-state index in [-0.39, 0.29) is 11.0 Å². The van der Waals surface area contributed by atoms with Gasteiger partial charge in [-0.1, -0.05) is 26.0 Å². The largest absolute Gasteiger partial charge is 0.492 e. The number of nitrogens with one attached hydrogen (secondary N) is 2. The van der Waals surface area contributed by atoms with Crippen LogP contribution in [0.4, 0.5) is 5.00 Å². The molecule has 2 N–H and O–H groups in total. The normalized spacial score (nSPS) is 12.8. The number of amides is 1. The molecule has 30 heavy (non-hydrogen) atoms. The first-order valence-electron chi connectivity index (χ1n) is 9.97. The summed E-state index contributed by atoms with van der Waals surface area (Å²) in [5.41, 5.74) is 1.96. The quantitative estimate of drug-likeness (QED) is 0.500. The molecule has 0 bridgehead atoms. The van der Waals surface area contributed by atoms with Crippen LogP contribution in [0.25, 0.3) is 0 Å². The minimum Gasteiger partial charge on any atom is -0.492 e. The number of carbonyl (C=O) groups excluding carboxylic acids is 2. The second kappa shape index (κ2) is 10.0. The lowest BCUT2D eigenvalue weighted by molar-refractivity contribution is 0.0601. The number of thiophene rings is 1. The number of fused-ring (bicyclic) bond motifs is 1. The van der Waals surface area contributed by atoms with E-state index in [9.17, 15) is 9.59 Å². The van der Waals surface area contributed by atoms with E-state index in [0.717, 1.165) is 31.2 Å². The van der Waals surface area contributed by atoms with Crippen molar-refractivity contribution in [2.45, 2.75) is 39.5 Å². The molecule has 0 spiro atoms. The van der Waals surface area contributed by atoms with Gasteiger partial charge in [0.2, 0.25) is 0 Å². The van der Waals surface area contributed by atoms with E-state index in [0.29, 0.717) is 34.4 Å². The maximum Gasteiger partial charge on any atom is 0.341 e. The smallest absolute Gasteiger partial charge is 0.341 e. The van der Waals surface area contributed by atoms with Crippen LogP contribution in [0, 0.1) is 5.92 Å². The average molecular weight is 447 g/mol. The summed E-state index contributed by atoms with van der Waals surface area (Å²) in [6.45, 7) is 4.60. The van der Waals surface area contributed by atoms with Gasteiger partial charge in [-0.15, -0.1) is 11.3 Å². The summed E-state index contributed by atoms with van der Waals surface area (Å²) in [6.07, 6.45) is 3.92. The van der Waals surface area contributed by atoms with E-state index in [1.54, 1.807) is 18.2 Å². The summed E-state index contributed by atoms with van der Waals surface area (Å²) in [5.74, 6) is 0.0880. The Morgan fingerprint density at radius 3 is 2.67 bits per heavy atom. The van der Waals surface area contributed by atoms with E-state index < -0.39 is 5.97 Å². The number of esters is 1. The summed E-state index contributed by atoms with van der Waals surface area (Å²) in [6, 6.07) is 7.05. The zero-order chi connectivity index (χ0) is 21.7. The lowest BCUT2D eigenvalue weighted by Crippen LogP contribution is -2.34. The standard InChI is InChI=1S/C22H26N2O4S2/c1-13(2)12-28-16-10-6-4-8-14(16)19(25)23-22(29)24-20-18(21(26)27-3)15-9-5-7-11-17(15)30-20/h4,6,8,10,13H,5,7,9,11-12H2,1-3H3,(H2,23,24,25,29). The van der Waals surface area contributed by atoms with Crippen molar-refractivity contribution in [2.75, 3.05) is 19.0 Å². The van der Waals surface area contributed by atoms with Crippen LogP contribution >= 0.6 is 23.6 Å². The molecule has 0 radical (unpaired) electrons. The van der Waals surface area contributed by atoms with Crippen LogP contribution in [-0.2, 0) is 17.6 Å². The number of methoxy groups -OCH3 is 1. The van der Waals surface area contributed by atoms with Crippen molar-refractivity contribution in [2.24, 2.45) is 5.92 Å². The van der Waals surface area contributed by atoms with E-state index >= 15 is 0 Å². The van der Waals surface area contributed by atoms with Crippen LogP contribution in [-0.4, -0.2) is 30.7 Å². The highest BCUT2D eigenvalue weighted by Gasteiger charge is 2.26. The van der Waals surface area contributed by atoms with Gasteiger partial charge in [0, 0.05) is 4.88 Å². The fourth-order valence-corrected chi connectivity index (χ4v) is 4.85. The molecule has 0 aliphatic heterocycles. The Morgan fingerprint density at radius 2 is 1.93 bits per heavy atom. The predicted molar refractivity (Wildman–Crippen MR) is 123 cm³/mol. The predicted octanol–water partition coefficient (Wildman–Crippen LogP) is 4.58. The molecule has 160 valence electrons. The maximum atomic E-state index is 12.8. The zero-order valence-electron chi connectivity index (χ0n) is 17.4. The van der Waals surface area contributed by atoms with Crippen molar-refractivity contribution in [3.8, 4) is 5.75 Å². The van der Waals surface area contributed by atoms with Crippen molar-refractivity contribution in [1.82, 2.24) is 5.32 Å². The van der Waals surface area contributed by atoms with Crippen LogP contribution in [0.15, 0.2) is 24.3 Å². The lowest BCUT2D eigenvalue weighted by atomic mass is 9.95. The van der Waals surface area contributed by atoms with Gasteiger partial charge in [-0.2, -0.15) is 0 Å². The van der Waals surface area contributed by atoms with Crippen LogP contribution in [0.2, 0.25) is 0 Å².